The summed E-state index contributed by atoms with van der Waals surface area (Å²) in [6, 6.07) is 1.73. The molecule has 4 heteroatoms. The first kappa shape index (κ1) is 13.8. The quantitative estimate of drug-likeness (QED) is 0.802. The van der Waals surface area contributed by atoms with Gasteiger partial charge in [-0.05, 0) is 40.7 Å². The first-order valence-electron chi connectivity index (χ1n) is 5.95. The van der Waals surface area contributed by atoms with Crippen LogP contribution in [0.4, 0.5) is 0 Å². The summed E-state index contributed by atoms with van der Waals surface area (Å²) in [6.07, 6.45) is 0. The molecule has 1 aromatic heterocycles. The number of nitrogens with one attached hydrogen (secondary N) is 1. The van der Waals surface area contributed by atoms with E-state index >= 15 is 0 Å². The molecule has 1 heterocycles. The SMILES string of the molecule is CCOC(=O)C(C)NC(C)c1cc(C)oc1C. The standard InChI is InChI=1S/C13H21NO3/c1-6-16-13(15)10(4)14-9(3)12-7-8(2)17-11(12)5/h7,9-10,14H,6H2,1-5H3. The fraction of sp³-hybridized carbons (Fsp3) is 0.615. The topological polar surface area (TPSA) is 51.5 Å². The van der Waals surface area contributed by atoms with Crippen molar-refractivity contribution in [2.45, 2.75) is 46.7 Å². The van der Waals surface area contributed by atoms with Crippen molar-refractivity contribution in [1.29, 1.82) is 0 Å². The van der Waals surface area contributed by atoms with Crippen molar-refractivity contribution in [2.24, 2.45) is 0 Å². The fourth-order valence-corrected chi connectivity index (χ4v) is 1.88. The van der Waals surface area contributed by atoms with Crippen molar-refractivity contribution in [3.63, 3.8) is 0 Å². The van der Waals surface area contributed by atoms with Gasteiger partial charge >= 0.3 is 5.97 Å². The van der Waals surface area contributed by atoms with Gasteiger partial charge in [-0.15, -0.1) is 0 Å². The summed E-state index contributed by atoms with van der Waals surface area (Å²) >= 11 is 0. The summed E-state index contributed by atoms with van der Waals surface area (Å²) < 4.78 is 10.4. The smallest absolute Gasteiger partial charge is 0.322 e. The van der Waals surface area contributed by atoms with Gasteiger partial charge in [-0.1, -0.05) is 0 Å². The maximum Gasteiger partial charge on any atom is 0.322 e. The molecule has 0 bridgehead atoms. The van der Waals surface area contributed by atoms with Crippen LogP contribution >= 0.6 is 0 Å². The van der Waals surface area contributed by atoms with E-state index in [1.165, 1.54) is 0 Å². The number of hydrogen-bond acceptors (Lipinski definition) is 4. The Morgan fingerprint density at radius 1 is 1.47 bits per heavy atom. The highest BCUT2D eigenvalue weighted by molar-refractivity contribution is 5.75. The third kappa shape index (κ3) is 3.60. The van der Waals surface area contributed by atoms with Gasteiger partial charge in [0.15, 0.2) is 0 Å². The van der Waals surface area contributed by atoms with Crippen LogP contribution in [0.1, 0.15) is 43.9 Å². The van der Waals surface area contributed by atoms with Crippen LogP contribution in [0.2, 0.25) is 0 Å². The number of rotatable bonds is 5. The normalized spacial score (nSPS) is 14.4. The summed E-state index contributed by atoms with van der Waals surface area (Å²) in [7, 11) is 0. The highest BCUT2D eigenvalue weighted by atomic mass is 16.5. The zero-order chi connectivity index (χ0) is 13.0. The number of furan rings is 1. The van der Waals surface area contributed by atoms with E-state index in [4.69, 9.17) is 9.15 Å². The van der Waals surface area contributed by atoms with Gasteiger partial charge in [-0.2, -0.15) is 0 Å². The second kappa shape index (κ2) is 5.87. The van der Waals surface area contributed by atoms with Gasteiger partial charge < -0.3 is 9.15 Å². The summed E-state index contributed by atoms with van der Waals surface area (Å²) in [5.74, 6) is 1.55. The molecule has 1 rings (SSSR count). The van der Waals surface area contributed by atoms with Crippen LogP contribution in [0.15, 0.2) is 10.5 Å². The van der Waals surface area contributed by atoms with E-state index in [2.05, 4.69) is 5.32 Å². The molecule has 1 aromatic rings. The largest absolute Gasteiger partial charge is 0.466 e. The molecule has 4 nitrogen and oxygen atoms in total. The highest BCUT2D eigenvalue weighted by Gasteiger charge is 2.19. The Labute approximate surface area is 102 Å². The van der Waals surface area contributed by atoms with Crippen molar-refractivity contribution in [3.8, 4) is 0 Å². The van der Waals surface area contributed by atoms with E-state index in [1.54, 1.807) is 13.8 Å². The second-order valence-electron chi connectivity index (χ2n) is 4.23. The van der Waals surface area contributed by atoms with Crippen LogP contribution in [-0.2, 0) is 9.53 Å². The molecule has 0 saturated carbocycles. The Balaban J connectivity index is 2.63. The molecule has 0 fully saturated rings. The molecule has 0 spiro atoms. The summed E-state index contributed by atoms with van der Waals surface area (Å²) in [5.41, 5.74) is 1.08. The molecule has 2 unspecified atom stereocenters. The zero-order valence-corrected chi connectivity index (χ0v) is 11.2. The van der Waals surface area contributed by atoms with Crippen molar-refractivity contribution in [1.82, 2.24) is 5.32 Å². The van der Waals surface area contributed by atoms with Gasteiger partial charge in [0.05, 0.1) is 6.61 Å². The third-order valence-electron chi connectivity index (χ3n) is 2.69. The lowest BCUT2D eigenvalue weighted by Crippen LogP contribution is -2.37. The minimum absolute atomic E-state index is 0.0619. The average Bonchev–Trinajstić information content (AvgIpc) is 2.58. The minimum atomic E-state index is -0.320. The van der Waals surface area contributed by atoms with Crippen LogP contribution in [-0.4, -0.2) is 18.6 Å². The van der Waals surface area contributed by atoms with Crippen molar-refractivity contribution in [3.05, 3.63) is 23.2 Å². The van der Waals surface area contributed by atoms with E-state index in [9.17, 15) is 4.79 Å². The maximum absolute atomic E-state index is 11.5. The van der Waals surface area contributed by atoms with Gasteiger partial charge in [0, 0.05) is 11.6 Å². The van der Waals surface area contributed by atoms with E-state index in [0.717, 1.165) is 17.1 Å². The summed E-state index contributed by atoms with van der Waals surface area (Å²) in [5, 5.41) is 3.20. The van der Waals surface area contributed by atoms with Crippen LogP contribution < -0.4 is 5.32 Å². The monoisotopic (exact) mass is 239 g/mol. The van der Waals surface area contributed by atoms with Gasteiger partial charge in [0.25, 0.3) is 0 Å². The van der Waals surface area contributed by atoms with E-state index in [0.29, 0.717) is 6.61 Å². The van der Waals surface area contributed by atoms with Gasteiger partial charge in [-0.25, -0.2) is 0 Å². The Kier molecular flexibility index (Phi) is 4.75. The molecule has 0 aliphatic carbocycles. The van der Waals surface area contributed by atoms with Crippen molar-refractivity contribution in [2.75, 3.05) is 6.61 Å². The molecular formula is C13H21NO3. The molecule has 0 saturated heterocycles. The van der Waals surface area contributed by atoms with Gasteiger partial charge in [0.2, 0.25) is 0 Å². The van der Waals surface area contributed by atoms with Crippen LogP contribution in [0.5, 0.6) is 0 Å². The Morgan fingerprint density at radius 2 is 2.12 bits per heavy atom. The second-order valence-corrected chi connectivity index (χ2v) is 4.23. The highest BCUT2D eigenvalue weighted by Crippen LogP contribution is 2.21. The lowest BCUT2D eigenvalue weighted by Gasteiger charge is -2.18. The fourth-order valence-electron chi connectivity index (χ4n) is 1.88. The molecule has 0 aliphatic heterocycles. The Morgan fingerprint density at radius 3 is 2.59 bits per heavy atom. The van der Waals surface area contributed by atoms with Gasteiger partial charge in [-0.3, -0.25) is 10.1 Å². The predicted octanol–water partition coefficient (Wildman–Crippen LogP) is 2.50. The summed E-state index contributed by atoms with van der Waals surface area (Å²) in [4.78, 5) is 11.5. The average molecular weight is 239 g/mol. The molecule has 0 radical (unpaired) electrons. The third-order valence-corrected chi connectivity index (χ3v) is 2.69. The van der Waals surface area contributed by atoms with Crippen LogP contribution in [0, 0.1) is 13.8 Å². The predicted molar refractivity (Wildman–Crippen MR) is 65.8 cm³/mol. The molecule has 2 atom stereocenters. The maximum atomic E-state index is 11.5. The Hall–Kier alpha value is -1.29. The number of aryl methyl sites for hydroxylation is 2. The molecular weight excluding hydrogens is 218 g/mol. The van der Waals surface area contributed by atoms with E-state index < -0.39 is 0 Å². The lowest BCUT2D eigenvalue weighted by molar-refractivity contribution is -0.145. The zero-order valence-electron chi connectivity index (χ0n) is 11.2. The molecule has 17 heavy (non-hydrogen) atoms. The van der Waals surface area contributed by atoms with Gasteiger partial charge in [0.1, 0.15) is 17.6 Å². The number of carbonyl (C=O) groups excluding carboxylic acids is 1. The molecule has 0 aromatic carbocycles. The van der Waals surface area contributed by atoms with E-state index in [1.807, 2.05) is 26.8 Å². The molecule has 96 valence electrons. The van der Waals surface area contributed by atoms with Crippen LogP contribution in [0.3, 0.4) is 0 Å². The number of hydrogen-bond donors (Lipinski definition) is 1. The number of ether oxygens (including phenoxy) is 1. The van der Waals surface area contributed by atoms with Crippen molar-refractivity contribution < 1.29 is 13.9 Å². The lowest BCUT2D eigenvalue weighted by atomic mass is 10.1. The molecule has 0 amide bonds. The first-order chi connectivity index (χ1) is 7.95. The van der Waals surface area contributed by atoms with Crippen molar-refractivity contribution >= 4 is 5.97 Å². The molecule has 1 N–H and O–H groups in total. The van der Waals surface area contributed by atoms with E-state index in [-0.39, 0.29) is 18.1 Å². The minimum Gasteiger partial charge on any atom is -0.466 e. The molecule has 0 aliphatic rings. The van der Waals surface area contributed by atoms with Crippen LogP contribution in [0.25, 0.3) is 0 Å². The number of carbonyl (C=O) groups is 1. The summed E-state index contributed by atoms with van der Waals surface area (Å²) in [6.45, 7) is 9.86. The number of esters is 1. The first-order valence-corrected chi connectivity index (χ1v) is 5.95. The Bertz CT molecular complexity index is 384.